The summed E-state index contributed by atoms with van der Waals surface area (Å²) in [4.78, 5) is 22.7. The normalized spacial score (nSPS) is 17.0. The first kappa shape index (κ1) is 20.0. The first-order chi connectivity index (χ1) is 13.3. The Bertz CT molecular complexity index is 947. The average molecular weight is 406 g/mol. The van der Waals surface area contributed by atoms with Crippen molar-refractivity contribution >= 4 is 15.9 Å². The number of rotatable bonds is 6. The first-order valence-electron chi connectivity index (χ1n) is 8.66. The highest BCUT2D eigenvalue weighted by Gasteiger charge is 2.29. The molecule has 1 fully saturated rings. The highest BCUT2D eigenvalue weighted by atomic mass is 32.2. The van der Waals surface area contributed by atoms with E-state index in [-0.39, 0.29) is 16.9 Å². The van der Waals surface area contributed by atoms with Crippen molar-refractivity contribution in [3.8, 4) is 11.8 Å². The van der Waals surface area contributed by atoms with Crippen molar-refractivity contribution in [3.05, 3.63) is 42.2 Å². The van der Waals surface area contributed by atoms with Gasteiger partial charge in [0, 0.05) is 45.0 Å². The lowest BCUT2D eigenvalue weighted by Gasteiger charge is -2.18. The van der Waals surface area contributed by atoms with E-state index in [1.165, 1.54) is 57.9 Å². The van der Waals surface area contributed by atoms with Gasteiger partial charge in [0.25, 0.3) is 17.7 Å². The van der Waals surface area contributed by atoms with Crippen LogP contribution in [0.1, 0.15) is 16.8 Å². The Labute approximate surface area is 164 Å². The molecule has 1 aliphatic rings. The van der Waals surface area contributed by atoms with Gasteiger partial charge in [0.15, 0.2) is 0 Å². The number of carbonyl (C=O) groups excluding carboxylic acids is 1. The third kappa shape index (κ3) is 4.07. The summed E-state index contributed by atoms with van der Waals surface area (Å²) in [6, 6.07) is 5.94. The van der Waals surface area contributed by atoms with Crippen LogP contribution >= 0.6 is 0 Å². The standard InChI is InChI=1S/C18H22N4O5S/c1-21(2)28(24,25)15-6-4-13(5-7-15)18(23)22-11-8-14(12-22)27-17-16(26-3)19-9-10-20-17/h4-7,9-10,14H,8,11-12H2,1-3H3. The van der Waals surface area contributed by atoms with Gasteiger partial charge in [0.05, 0.1) is 18.6 Å². The van der Waals surface area contributed by atoms with E-state index in [0.29, 0.717) is 36.8 Å². The number of aromatic nitrogens is 2. The molecule has 1 unspecified atom stereocenters. The molecule has 150 valence electrons. The minimum absolute atomic E-state index is 0.145. The number of hydrogen-bond donors (Lipinski definition) is 0. The van der Waals surface area contributed by atoms with Crippen molar-refractivity contribution in [2.75, 3.05) is 34.3 Å². The van der Waals surface area contributed by atoms with Crippen molar-refractivity contribution in [1.82, 2.24) is 19.2 Å². The lowest BCUT2D eigenvalue weighted by molar-refractivity contribution is 0.0770. The molecule has 3 rings (SSSR count). The molecular weight excluding hydrogens is 384 g/mol. The third-order valence-corrected chi connectivity index (χ3v) is 6.25. The Morgan fingerprint density at radius 1 is 1.14 bits per heavy atom. The van der Waals surface area contributed by atoms with E-state index < -0.39 is 10.0 Å². The Morgan fingerprint density at radius 2 is 1.79 bits per heavy atom. The molecular formula is C18H22N4O5S. The molecule has 0 bridgehead atoms. The van der Waals surface area contributed by atoms with E-state index in [0.717, 1.165) is 4.31 Å². The summed E-state index contributed by atoms with van der Waals surface area (Å²) in [6.07, 6.45) is 3.46. The molecule has 1 aromatic carbocycles. The van der Waals surface area contributed by atoms with Crippen LogP contribution in [0.15, 0.2) is 41.6 Å². The molecule has 10 heteroatoms. The molecule has 1 aliphatic heterocycles. The minimum Gasteiger partial charge on any atom is -0.477 e. The molecule has 2 heterocycles. The molecule has 0 N–H and O–H groups in total. The number of hydrogen-bond acceptors (Lipinski definition) is 7. The molecule has 1 saturated heterocycles. The minimum atomic E-state index is -3.52. The van der Waals surface area contributed by atoms with E-state index in [1.807, 2.05) is 0 Å². The van der Waals surface area contributed by atoms with Crippen LogP contribution in [0.3, 0.4) is 0 Å². The molecule has 1 amide bonds. The van der Waals surface area contributed by atoms with Crippen molar-refractivity contribution in [3.63, 3.8) is 0 Å². The Kier molecular flexibility index (Phi) is 5.80. The molecule has 28 heavy (non-hydrogen) atoms. The molecule has 2 aromatic rings. The van der Waals surface area contributed by atoms with Crippen LogP contribution in [-0.2, 0) is 10.0 Å². The lowest BCUT2D eigenvalue weighted by atomic mass is 10.2. The number of benzene rings is 1. The number of amides is 1. The average Bonchev–Trinajstić information content (AvgIpc) is 3.16. The molecule has 0 radical (unpaired) electrons. The van der Waals surface area contributed by atoms with Crippen LogP contribution in [0.25, 0.3) is 0 Å². The fraction of sp³-hybridized carbons (Fsp3) is 0.389. The maximum atomic E-state index is 12.7. The second kappa shape index (κ2) is 8.11. The van der Waals surface area contributed by atoms with Gasteiger partial charge in [-0.2, -0.15) is 0 Å². The quantitative estimate of drug-likeness (QED) is 0.706. The number of carbonyl (C=O) groups is 1. The maximum absolute atomic E-state index is 12.7. The number of sulfonamides is 1. The maximum Gasteiger partial charge on any atom is 0.278 e. The van der Waals surface area contributed by atoms with Gasteiger partial charge in [0.1, 0.15) is 6.10 Å². The number of ether oxygens (including phenoxy) is 2. The van der Waals surface area contributed by atoms with Crippen molar-refractivity contribution in [2.24, 2.45) is 0 Å². The van der Waals surface area contributed by atoms with Crippen LogP contribution in [-0.4, -0.2) is 73.9 Å². The number of likely N-dealkylation sites (tertiary alicyclic amines) is 1. The molecule has 0 aliphatic carbocycles. The van der Waals surface area contributed by atoms with Gasteiger partial charge >= 0.3 is 0 Å². The largest absolute Gasteiger partial charge is 0.477 e. The first-order valence-corrected chi connectivity index (χ1v) is 10.1. The Hall–Kier alpha value is -2.72. The summed E-state index contributed by atoms with van der Waals surface area (Å²) in [5, 5.41) is 0. The van der Waals surface area contributed by atoms with E-state index in [4.69, 9.17) is 9.47 Å². The molecule has 9 nitrogen and oxygen atoms in total. The summed E-state index contributed by atoms with van der Waals surface area (Å²) in [5.74, 6) is 0.415. The van der Waals surface area contributed by atoms with Crippen LogP contribution in [0, 0.1) is 0 Å². The van der Waals surface area contributed by atoms with Crippen LogP contribution in [0.2, 0.25) is 0 Å². The molecule has 0 saturated carbocycles. The van der Waals surface area contributed by atoms with Crippen molar-refractivity contribution in [1.29, 1.82) is 0 Å². The third-order valence-electron chi connectivity index (χ3n) is 4.42. The zero-order valence-corrected chi connectivity index (χ0v) is 16.7. The fourth-order valence-corrected chi connectivity index (χ4v) is 3.76. The zero-order chi connectivity index (χ0) is 20.3. The summed E-state index contributed by atoms with van der Waals surface area (Å²) in [7, 11) is 0.889. The summed E-state index contributed by atoms with van der Waals surface area (Å²) in [5.41, 5.74) is 0.426. The van der Waals surface area contributed by atoms with Gasteiger partial charge in [0.2, 0.25) is 10.0 Å². The highest BCUT2D eigenvalue weighted by molar-refractivity contribution is 7.89. The SMILES string of the molecule is COc1nccnc1OC1CCN(C(=O)c2ccc(S(=O)(=O)N(C)C)cc2)C1. The van der Waals surface area contributed by atoms with E-state index in [2.05, 4.69) is 9.97 Å². The molecule has 1 aromatic heterocycles. The second-order valence-electron chi connectivity index (χ2n) is 6.46. The Morgan fingerprint density at radius 3 is 2.39 bits per heavy atom. The van der Waals surface area contributed by atoms with Crippen LogP contribution in [0.5, 0.6) is 11.8 Å². The number of nitrogens with zero attached hydrogens (tertiary/aromatic N) is 4. The fourth-order valence-electron chi connectivity index (χ4n) is 2.86. The van der Waals surface area contributed by atoms with Gasteiger partial charge in [-0.1, -0.05) is 0 Å². The second-order valence-corrected chi connectivity index (χ2v) is 8.61. The van der Waals surface area contributed by atoms with E-state index in [1.54, 1.807) is 4.90 Å². The molecule has 0 spiro atoms. The van der Waals surface area contributed by atoms with E-state index in [9.17, 15) is 13.2 Å². The predicted octanol–water partition coefficient (Wildman–Crippen LogP) is 1.03. The Balaban J connectivity index is 1.66. The summed E-state index contributed by atoms with van der Waals surface area (Å²) in [6.45, 7) is 0.931. The number of methoxy groups -OCH3 is 1. The van der Waals surface area contributed by atoms with Gasteiger partial charge in [-0.3, -0.25) is 4.79 Å². The monoisotopic (exact) mass is 406 g/mol. The lowest BCUT2D eigenvalue weighted by Crippen LogP contribution is -2.31. The highest BCUT2D eigenvalue weighted by Crippen LogP contribution is 2.24. The van der Waals surface area contributed by atoms with Gasteiger partial charge in [-0.15, -0.1) is 0 Å². The topological polar surface area (TPSA) is 102 Å². The van der Waals surface area contributed by atoms with E-state index >= 15 is 0 Å². The summed E-state index contributed by atoms with van der Waals surface area (Å²) >= 11 is 0. The van der Waals surface area contributed by atoms with Gasteiger partial charge in [-0.05, 0) is 24.3 Å². The zero-order valence-electron chi connectivity index (χ0n) is 15.9. The van der Waals surface area contributed by atoms with Gasteiger partial charge in [-0.25, -0.2) is 22.7 Å². The van der Waals surface area contributed by atoms with Crippen molar-refractivity contribution < 1.29 is 22.7 Å². The van der Waals surface area contributed by atoms with Crippen LogP contribution < -0.4 is 9.47 Å². The summed E-state index contributed by atoms with van der Waals surface area (Å²) < 4.78 is 36.3. The van der Waals surface area contributed by atoms with Gasteiger partial charge < -0.3 is 14.4 Å². The van der Waals surface area contributed by atoms with Crippen molar-refractivity contribution in [2.45, 2.75) is 17.4 Å². The van der Waals surface area contributed by atoms with Crippen LogP contribution in [0.4, 0.5) is 0 Å². The smallest absolute Gasteiger partial charge is 0.278 e. The predicted molar refractivity (Wildman–Crippen MR) is 101 cm³/mol. The molecule has 1 atom stereocenters.